The first-order valence-corrected chi connectivity index (χ1v) is 6.08. The van der Waals surface area contributed by atoms with Crippen LogP contribution in [0.4, 0.5) is 0 Å². The van der Waals surface area contributed by atoms with Gasteiger partial charge >= 0.3 is 0 Å². The van der Waals surface area contributed by atoms with Crippen molar-refractivity contribution in [3.63, 3.8) is 0 Å². The summed E-state index contributed by atoms with van der Waals surface area (Å²) in [6, 6.07) is 0.621. The first kappa shape index (κ1) is 10.7. The van der Waals surface area contributed by atoms with Gasteiger partial charge in [0.15, 0.2) is 0 Å². The van der Waals surface area contributed by atoms with Gasteiger partial charge in [0.05, 0.1) is 6.54 Å². The van der Waals surface area contributed by atoms with Crippen molar-refractivity contribution in [3.05, 3.63) is 18.2 Å². The molecule has 0 amide bonds. The highest BCUT2D eigenvalue weighted by Crippen LogP contribution is 2.26. The summed E-state index contributed by atoms with van der Waals surface area (Å²) < 4.78 is 0. The van der Waals surface area contributed by atoms with E-state index in [9.17, 15) is 0 Å². The molecular formula is C12H21N3. The van der Waals surface area contributed by atoms with Gasteiger partial charge in [-0.25, -0.2) is 4.98 Å². The predicted octanol–water partition coefficient (Wildman–Crippen LogP) is 2.47. The molecule has 3 heteroatoms. The van der Waals surface area contributed by atoms with E-state index in [2.05, 4.69) is 22.2 Å². The topological polar surface area (TPSA) is 40.7 Å². The highest BCUT2D eigenvalue weighted by Gasteiger charge is 2.19. The molecule has 3 nitrogen and oxygen atoms in total. The summed E-state index contributed by atoms with van der Waals surface area (Å²) in [5, 5.41) is 3.56. The van der Waals surface area contributed by atoms with E-state index in [1.165, 1.54) is 32.1 Å². The summed E-state index contributed by atoms with van der Waals surface area (Å²) in [4.78, 5) is 7.34. The Labute approximate surface area is 91.7 Å². The van der Waals surface area contributed by atoms with Crippen molar-refractivity contribution in [3.8, 4) is 0 Å². The normalized spacial score (nSPS) is 20.3. The fourth-order valence-electron chi connectivity index (χ4n) is 2.45. The van der Waals surface area contributed by atoms with Gasteiger partial charge in [-0.1, -0.05) is 19.3 Å². The molecular weight excluding hydrogens is 186 g/mol. The van der Waals surface area contributed by atoms with Crippen LogP contribution in [0.15, 0.2) is 12.4 Å². The Kier molecular flexibility index (Phi) is 3.78. The van der Waals surface area contributed by atoms with E-state index in [4.69, 9.17) is 0 Å². The number of nitrogens with zero attached hydrogens (tertiary/aromatic N) is 1. The average Bonchev–Trinajstić information content (AvgIpc) is 2.80. The highest BCUT2D eigenvalue weighted by atomic mass is 15.0. The number of nitrogens with one attached hydrogen (secondary N) is 2. The molecule has 1 aliphatic carbocycles. The molecule has 1 heterocycles. The molecule has 1 atom stereocenters. The first-order valence-electron chi connectivity index (χ1n) is 6.08. The molecule has 1 unspecified atom stereocenters. The van der Waals surface area contributed by atoms with Gasteiger partial charge in [-0.3, -0.25) is 0 Å². The Morgan fingerprint density at radius 2 is 2.27 bits per heavy atom. The highest BCUT2D eigenvalue weighted by molar-refractivity contribution is 4.87. The fourth-order valence-corrected chi connectivity index (χ4v) is 2.45. The molecule has 0 saturated heterocycles. The van der Waals surface area contributed by atoms with Gasteiger partial charge in [0.1, 0.15) is 5.82 Å². The van der Waals surface area contributed by atoms with Crippen LogP contribution in [0.3, 0.4) is 0 Å². The lowest BCUT2D eigenvalue weighted by Gasteiger charge is -2.28. The Balaban J connectivity index is 1.74. The van der Waals surface area contributed by atoms with Crippen LogP contribution in [-0.4, -0.2) is 16.0 Å². The minimum Gasteiger partial charge on any atom is -0.348 e. The van der Waals surface area contributed by atoms with Gasteiger partial charge in [-0.05, 0) is 25.7 Å². The van der Waals surface area contributed by atoms with Crippen LogP contribution in [0.5, 0.6) is 0 Å². The molecule has 2 rings (SSSR count). The molecule has 2 N–H and O–H groups in total. The predicted molar refractivity (Wildman–Crippen MR) is 61.5 cm³/mol. The van der Waals surface area contributed by atoms with Crippen molar-refractivity contribution in [1.29, 1.82) is 0 Å². The van der Waals surface area contributed by atoms with Crippen LogP contribution in [0, 0.1) is 5.92 Å². The van der Waals surface area contributed by atoms with Crippen molar-refractivity contribution in [2.24, 2.45) is 5.92 Å². The van der Waals surface area contributed by atoms with E-state index < -0.39 is 0 Å². The molecule has 0 spiro atoms. The molecule has 84 valence electrons. The number of hydrogen-bond donors (Lipinski definition) is 2. The zero-order valence-corrected chi connectivity index (χ0v) is 9.50. The zero-order valence-electron chi connectivity index (χ0n) is 9.50. The fraction of sp³-hybridized carbons (Fsp3) is 0.750. The van der Waals surface area contributed by atoms with Crippen LogP contribution >= 0.6 is 0 Å². The summed E-state index contributed by atoms with van der Waals surface area (Å²) in [6.07, 6.45) is 10.7. The number of aromatic amines is 1. The quantitative estimate of drug-likeness (QED) is 0.796. The summed E-state index contributed by atoms with van der Waals surface area (Å²) in [5.74, 6) is 1.91. The third kappa shape index (κ3) is 3.06. The van der Waals surface area contributed by atoms with Crippen molar-refractivity contribution in [2.75, 3.05) is 0 Å². The second-order valence-corrected chi connectivity index (χ2v) is 4.60. The smallest absolute Gasteiger partial charge is 0.120 e. The minimum absolute atomic E-state index is 0.621. The van der Waals surface area contributed by atoms with Gasteiger partial charge in [0, 0.05) is 18.4 Å². The SMILES string of the molecule is CC(NCc1ncc[nH]1)C1CCCCC1. The number of aromatic nitrogens is 2. The zero-order chi connectivity index (χ0) is 10.5. The van der Waals surface area contributed by atoms with Crippen LogP contribution in [0.2, 0.25) is 0 Å². The van der Waals surface area contributed by atoms with E-state index in [1.54, 1.807) is 0 Å². The largest absolute Gasteiger partial charge is 0.348 e. The van der Waals surface area contributed by atoms with Crippen molar-refractivity contribution in [1.82, 2.24) is 15.3 Å². The number of rotatable bonds is 4. The monoisotopic (exact) mass is 207 g/mol. The van der Waals surface area contributed by atoms with E-state index in [-0.39, 0.29) is 0 Å². The molecule has 0 aromatic carbocycles. The minimum atomic E-state index is 0.621. The maximum atomic E-state index is 4.22. The van der Waals surface area contributed by atoms with Gasteiger partial charge in [0.25, 0.3) is 0 Å². The molecule has 1 fully saturated rings. The molecule has 1 aromatic heterocycles. The molecule has 1 aromatic rings. The lowest BCUT2D eigenvalue weighted by atomic mass is 9.84. The van der Waals surface area contributed by atoms with Crippen LogP contribution in [0.25, 0.3) is 0 Å². The summed E-state index contributed by atoms with van der Waals surface area (Å²) in [5.41, 5.74) is 0. The second-order valence-electron chi connectivity index (χ2n) is 4.60. The number of H-pyrrole nitrogens is 1. The summed E-state index contributed by atoms with van der Waals surface area (Å²) in [7, 11) is 0. The summed E-state index contributed by atoms with van der Waals surface area (Å²) in [6.45, 7) is 3.17. The summed E-state index contributed by atoms with van der Waals surface area (Å²) >= 11 is 0. The second kappa shape index (κ2) is 5.31. The molecule has 0 aliphatic heterocycles. The first-order chi connectivity index (χ1) is 7.36. The van der Waals surface area contributed by atoms with Crippen molar-refractivity contribution >= 4 is 0 Å². The Morgan fingerprint density at radius 1 is 1.47 bits per heavy atom. The number of hydrogen-bond acceptors (Lipinski definition) is 2. The van der Waals surface area contributed by atoms with E-state index in [0.29, 0.717) is 6.04 Å². The van der Waals surface area contributed by atoms with Crippen LogP contribution < -0.4 is 5.32 Å². The lowest BCUT2D eigenvalue weighted by molar-refractivity contribution is 0.279. The molecule has 0 radical (unpaired) electrons. The van der Waals surface area contributed by atoms with Crippen LogP contribution in [0.1, 0.15) is 44.9 Å². The molecule has 15 heavy (non-hydrogen) atoms. The standard InChI is InChI=1S/C12H21N3/c1-10(11-5-3-2-4-6-11)15-9-12-13-7-8-14-12/h7-8,10-11,15H,2-6,9H2,1H3,(H,13,14). The Hall–Kier alpha value is -0.830. The molecule has 1 saturated carbocycles. The third-order valence-corrected chi connectivity index (χ3v) is 3.50. The van der Waals surface area contributed by atoms with Gasteiger partial charge in [-0.2, -0.15) is 0 Å². The van der Waals surface area contributed by atoms with E-state index in [0.717, 1.165) is 18.3 Å². The van der Waals surface area contributed by atoms with E-state index in [1.807, 2.05) is 12.4 Å². The van der Waals surface area contributed by atoms with Crippen molar-refractivity contribution < 1.29 is 0 Å². The molecule has 1 aliphatic rings. The van der Waals surface area contributed by atoms with Crippen LogP contribution in [-0.2, 0) is 6.54 Å². The molecule has 0 bridgehead atoms. The number of imidazole rings is 1. The Morgan fingerprint density at radius 3 is 2.93 bits per heavy atom. The Bertz CT molecular complexity index is 262. The van der Waals surface area contributed by atoms with E-state index >= 15 is 0 Å². The maximum Gasteiger partial charge on any atom is 0.120 e. The average molecular weight is 207 g/mol. The third-order valence-electron chi connectivity index (χ3n) is 3.50. The van der Waals surface area contributed by atoms with Gasteiger partial charge in [-0.15, -0.1) is 0 Å². The van der Waals surface area contributed by atoms with Crippen molar-refractivity contribution in [2.45, 2.75) is 51.6 Å². The lowest BCUT2D eigenvalue weighted by Crippen LogP contribution is -2.34. The maximum absolute atomic E-state index is 4.22. The van der Waals surface area contributed by atoms with Gasteiger partial charge in [0.2, 0.25) is 0 Å². The van der Waals surface area contributed by atoms with Gasteiger partial charge < -0.3 is 10.3 Å².